The predicted octanol–water partition coefficient (Wildman–Crippen LogP) is 0.886. The summed E-state index contributed by atoms with van der Waals surface area (Å²) in [6, 6.07) is 8.32. The zero-order chi connectivity index (χ0) is 26.5. The molecule has 0 bridgehead atoms. The summed E-state index contributed by atoms with van der Waals surface area (Å²) in [7, 11) is -6.65. The standard InChI is InChI=1S/C21H32NO11PS/c1-16(23)22-10-7-13-35(28,29)32-15-21(2,3)19(25)20(26)31-12-11-30-18(24)14-34(27)33-17-8-5-4-6-9-17/h4-6,8-9,19,25,34H,7,10-15H2,1-3H3,(H,22,23)/t19-/m0/s1. The second kappa shape index (κ2) is 14.8. The first-order valence-corrected chi connectivity index (χ1v) is 13.8. The quantitative estimate of drug-likeness (QED) is 0.133. The molecule has 12 nitrogen and oxygen atoms in total. The molecule has 0 aliphatic rings. The van der Waals surface area contributed by atoms with Crippen LogP contribution in [-0.2, 0) is 42.7 Å². The topological polar surface area (TPSA) is 172 Å². The average molecular weight is 538 g/mol. The van der Waals surface area contributed by atoms with Gasteiger partial charge < -0.3 is 24.4 Å². The molecule has 0 heterocycles. The highest BCUT2D eigenvalue weighted by molar-refractivity contribution is 7.86. The van der Waals surface area contributed by atoms with E-state index in [0.29, 0.717) is 5.75 Å². The van der Waals surface area contributed by atoms with Crippen molar-refractivity contribution in [3.8, 4) is 5.75 Å². The molecule has 1 unspecified atom stereocenters. The number of rotatable bonds is 16. The van der Waals surface area contributed by atoms with Gasteiger partial charge in [-0.1, -0.05) is 32.0 Å². The van der Waals surface area contributed by atoms with Gasteiger partial charge in [0.1, 0.15) is 25.1 Å². The van der Waals surface area contributed by atoms with E-state index in [9.17, 15) is 32.5 Å². The van der Waals surface area contributed by atoms with Gasteiger partial charge in [-0.25, -0.2) is 4.79 Å². The van der Waals surface area contributed by atoms with Crippen molar-refractivity contribution in [1.29, 1.82) is 0 Å². The maximum atomic E-state index is 12.1. The van der Waals surface area contributed by atoms with E-state index in [1.807, 2.05) is 0 Å². The number of nitrogens with one attached hydrogen (secondary N) is 1. The van der Waals surface area contributed by atoms with Crippen molar-refractivity contribution in [1.82, 2.24) is 5.32 Å². The van der Waals surface area contributed by atoms with Crippen LogP contribution in [0.5, 0.6) is 5.75 Å². The van der Waals surface area contributed by atoms with Crippen LogP contribution >= 0.6 is 8.03 Å². The van der Waals surface area contributed by atoms with Crippen molar-refractivity contribution in [3.05, 3.63) is 30.3 Å². The minimum absolute atomic E-state index is 0.138. The molecule has 2 atom stereocenters. The SMILES string of the molecule is CC(=O)NCCCS(=O)(=O)OCC(C)(C)[C@@H](O)C(=O)OCCOC(=O)C[PH](=O)Oc1ccccc1. The Morgan fingerprint density at radius 3 is 2.37 bits per heavy atom. The Bertz CT molecular complexity index is 967. The lowest BCUT2D eigenvalue weighted by atomic mass is 9.88. The fraction of sp³-hybridized carbons (Fsp3) is 0.571. The summed E-state index contributed by atoms with van der Waals surface area (Å²) in [5.74, 6) is -2.14. The Kier molecular flexibility index (Phi) is 12.9. The molecule has 0 aliphatic carbocycles. The van der Waals surface area contributed by atoms with Gasteiger partial charge in [-0.2, -0.15) is 8.42 Å². The van der Waals surface area contributed by atoms with Crippen molar-refractivity contribution in [3.63, 3.8) is 0 Å². The Morgan fingerprint density at radius 1 is 1.11 bits per heavy atom. The lowest BCUT2D eigenvalue weighted by Gasteiger charge is -2.28. The molecule has 0 radical (unpaired) electrons. The predicted molar refractivity (Wildman–Crippen MR) is 126 cm³/mol. The number of para-hydroxylation sites is 1. The highest BCUT2D eigenvalue weighted by Gasteiger charge is 2.36. The highest BCUT2D eigenvalue weighted by atomic mass is 32.2. The minimum atomic E-state index is -3.94. The number of carbonyl (C=O) groups excluding carboxylic acids is 3. The molecule has 0 saturated carbocycles. The highest BCUT2D eigenvalue weighted by Crippen LogP contribution is 2.26. The van der Waals surface area contributed by atoms with Crippen molar-refractivity contribution >= 4 is 36.0 Å². The van der Waals surface area contributed by atoms with Crippen LogP contribution in [0.15, 0.2) is 30.3 Å². The number of hydrogen-bond acceptors (Lipinski definition) is 11. The van der Waals surface area contributed by atoms with Crippen LogP contribution in [0.2, 0.25) is 0 Å². The van der Waals surface area contributed by atoms with Gasteiger partial charge in [0, 0.05) is 18.9 Å². The molecule has 0 aliphatic heterocycles. The summed E-state index contributed by atoms with van der Waals surface area (Å²) >= 11 is 0. The molecular weight excluding hydrogens is 505 g/mol. The summed E-state index contributed by atoms with van der Waals surface area (Å²) in [6.07, 6.45) is -2.04. The molecule has 1 aromatic rings. The van der Waals surface area contributed by atoms with E-state index in [1.54, 1.807) is 30.3 Å². The first-order valence-electron chi connectivity index (χ1n) is 10.7. The van der Waals surface area contributed by atoms with Crippen LogP contribution in [0, 0.1) is 5.41 Å². The number of carbonyl (C=O) groups is 3. The third-order valence-corrected chi connectivity index (χ3v) is 6.68. The van der Waals surface area contributed by atoms with Gasteiger partial charge in [-0.05, 0) is 18.6 Å². The zero-order valence-electron chi connectivity index (χ0n) is 19.9. The number of hydrogen-bond donors (Lipinski definition) is 2. The third kappa shape index (κ3) is 13.3. The summed E-state index contributed by atoms with van der Waals surface area (Å²) < 4.78 is 55.5. The second-order valence-electron chi connectivity index (χ2n) is 8.10. The Morgan fingerprint density at radius 2 is 1.74 bits per heavy atom. The van der Waals surface area contributed by atoms with Crippen LogP contribution in [0.3, 0.4) is 0 Å². The third-order valence-electron chi connectivity index (χ3n) is 4.37. The summed E-state index contributed by atoms with van der Waals surface area (Å²) in [6.45, 7) is 3.10. The van der Waals surface area contributed by atoms with Crippen LogP contribution in [0.1, 0.15) is 27.2 Å². The van der Waals surface area contributed by atoms with E-state index in [-0.39, 0.29) is 37.8 Å². The van der Waals surface area contributed by atoms with Crippen LogP contribution in [-0.4, -0.2) is 75.8 Å². The first kappa shape index (κ1) is 30.6. The number of benzene rings is 1. The number of ether oxygens (including phenoxy) is 2. The zero-order valence-corrected chi connectivity index (χ0v) is 21.7. The Hall–Kier alpha value is -2.47. The molecule has 198 valence electrons. The number of esters is 2. The number of aliphatic hydroxyl groups is 1. The Balaban J connectivity index is 2.32. The normalized spacial score (nSPS) is 13.4. The summed E-state index contributed by atoms with van der Waals surface area (Å²) in [5.41, 5.74) is -1.31. The second-order valence-corrected chi connectivity index (χ2v) is 11.2. The van der Waals surface area contributed by atoms with E-state index >= 15 is 0 Å². The van der Waals surface area contributed by atoms with Gasteiger partial charge in [0.15, 0.2) is 6.10 Å². The molecule has 35 heavy (non-hydrogen) atoms. The van der Waals surface area contributed by atoms with Crippen molar-refractivity contribution in [2.75, 3.05) is 38.3 Å². The van der Waals surface area contributed by atoms with Crippen LogP contribution in [0.25, 0.3) is 0 Å². The fourth-order valence-corrected chi connectivity index (χ4v) is 4.32. The summed E-state index contributed by atoms with van der Waals surface area (Å²) in [5, 5.41) is 12.7. The van der Waals surface area contributed by atoms with E-state index in [1.165, 1.54) is 20.8 Å². The molecule has 1 amide bonds. The van der Waals surface area contributed by atoms with Gasteiger partial charge in [0.05, 0.1) is 12.4 Å². The fourth-order valence-electron chi connectivity index (χ4n) is 2.41. The van der Waals surface area contributed by atoms with Crippen molar-refractivity contribution < 1.29 is 50.7 Å². The monoisotopic (exact) mass is 537 g/mol. The van der Waals surface area contributed by atoms with Crippen molar-refractivity contribution in [2.24, 2.45) is 5.41 Å². The molecular formula is C21H32NO11PS. The molecule has 14 heteroatoms. The molecule has 0 saturated heterocycles. The first-order chi connectivity index (χ1) is 16.3. The molecule has 2 N–H and O–H groups in total. The van der Waals surface area contributed by atoms with E-state index in [2.05, 4.69) is 5.32 Å². The van der Waals surface area contributed by atoms with Crippen LogP contribution < -0.4 is 9.84 Å². The molecule has 1 rings (SSSR count). The van der Waals surface area contributed by atoms with Gasteiger partial charge in [0.2, 0.25) is 13.9 Å². The van der Waals surface area contributed by atoms with Gasteiger partial charge >= 0.3 is 11.9 Å². The lowest BCUT2D eigenvalue weighted by molar-refractivity contribution is -0.164. The molecule has 0 fully saturated rings. The van der Waals surface area contributed by atoms with Gasteiger partial charge in [-0.3, -0.25) is 18.3 Å². The largest absolute Gasteiger partial charge is 0.462 e. The van der Waals surface area contributed by atoms with E-state index < -0.39 is 54.4 Å². The lowest BCUT2D eigenvalue weighted by Crippen LogP contribution is -2.42. The summed E-state index contributed by atoms with van der Waals surface area (Å²) in [4.78, 5) is 34.6. The maximum absolute atomic E-state index is 12.1. The van der Waals surface area contributed by atoms with E-state index in [4.69, 9.17) is 18.2 Å². The molecule has 0 spiro atoms. The molecule has 1 aromatic carbocycles. The smallest absolute Gasteiger partial charge is 0.335 e. The maximum Gasteiger partial charge on any atom is 0.335 e. The minimum Gasteiger partial charge on any atom is -0.462 e. The number of aliphatic hydroxyl groups excluding tert-OH is 1. The van der Waals surface area contributed by atoms with Gasteiger partial charge in [-0.15, -0.1) is 0 Å². The average Bonchev–Trinajstić information content (AvgIpc) is 2.78. The Labute approximate surface area is 205 Å². The van der Waals surface area contributed by atoms with Gasteiger partial charge in [0.25, 0.3) is 10.1 Å². The molecule has 0 aromatic heterocycles. The van der Waals surface area contributed by atoms with Crippen LogP contribution in [0.4, 0.5) is 0 Å². The van der Waals surface area contributed by atoms with Crippen molar-refractivity contribution in [2.45, 2.75) is 33.3 Å². The van der Waals surface area contributed by atoms with E-state index in [0.717, 1.165) is 0 Å². The number of amides is 1.